The monoisotopic (exact) mass is 196 g/mol. The van der Waals surface area contributed by atoms with Crippen LogP contribution in [0.4, 0.5) is 0 Å². The van der Waals surface area contributed by atoms with Crippen molar-refractivity contribution in [1.29, 1.82) is 0 Å². The Balaban J connectivity index is 2.16. The standard InChI is InChI=1S/C12H24N2/c1-11(2)14-9-7-12(10-14)6-4-3-5-8-13/h3-4,11-12H,5-10,13H2,1-2H3/b4-3-. The van der Waals surface area contributed by atoms with E-state index in [0.717, 1.165) is 18.9 Å². The summed E-state index contributed by atoms with van der Waals surface area (Å²) in [6, 6.07) is 0.716. The van der Waals surface area contributed by atoms with Gasteiger partial charge in [0.15, 0.2) is 0 Å². The molecule has 0 aliphatic carbocycles. The van der Waals surface area contributed by atoms with E-state index in [1.54, 1.807) is 0 Å². The van der Waals surface area contributed by atoms with E-state index in [1.807, 2.05) is 0 Å². The molecular weight excluding hydrogens is 172 g/mol. The van der Waals surface area contributed by atoms with Crippen LogP contribution in [0.5, 0.6) is 0 Å². The lowest BCUT2D eigenvalue weighted by atomic mass is 10.0. The van der Waals surface area contributed by atoms with Gasteiger partial charge in [0.05, 0.1) is 0 Å². The van der Waals surface area contributed by atoms with Gasteiger partial charge in [0.1, 0.15) is 0 Å². The predicted octanol–water partition coefficient (Wildman–Crippen LogP) is 2.01. The number of rotatable bonds is 5. The molecule has 0 spiro atoms. The van der Waals surface area contributed by atoms with Gasteiger partial charge in [-0.2, -0.15) is 0 Å². The van der Waals surface area contributed by atoms with Crippen molar-refractivity contribution in [3.63, 3.8) is 0 Å². The van der Waals surface area contributed by atoms with Gasteiger partial charge >= 0.3 is 0 Å². The fourth-order valence-corrected chi connectivity index (χ4v) is 2.03. The quantitative estimate of drug-likeness (QED) is 0.682. The molecule has 0 radical (unpaired) electrons. The molecule has 0 saturated carbocycles. The SMILES string of the molecule is CC(C)N1CCC(C/C=C\CCN)C1. The molecule has 0 bridgehead atoms. The Kier molecular flexibility index (Phi) is 5.20. The highest BCUT2D eigenvalue weighted by molar-refractivity contribution is 4.88. The maximum Gasteiger partial charge on any atom is 0.00387 e. The number of hydrogen-bond acceptors (Lipinski definition) is 2. The highest BCUT2D eigenvalue weighted by Crippen LogP contribution is 2.21. The molecule has 2 nitrogen and oxygen atoms in total. The third-order valence-corrected chi connectivity index (χ3v) is 3.02. The zero-order valence-corrected chi connectivity index (χ0v) is 9.58. The minimum absolute atomic E-state index is 0.716. The lowest BCUT2D eigenvalue weighted by molar-refractivity contribution is 0.265. The van der Waals surface area contributed by atoms with Crippen molar-refractivity contribution in [2.24, 2.45) is 11.7 Å². The number of allylic oxidation sites excluding steroid dienone is 1. The summed E-state index contributed by atoms with van der Waals surface area (Å²) in [5, 5.41) is 0. The molecule has 14 heavy (non-hydrogen) atoms. The van der Waals surface area contributed by atoms with E-state index in [1.165, 1.54) is 25.9 Å². The van der Waals surface area contributed by atoms with Crippen LogP contribution in [0, 0.1) is 5.92 Å². The molecule has 1 saturated heterocycles. The summed E-state index contributed by atoms with van der Waals surface area (Å²) < 4.78 is 0. The van der Waals surface area contributed by atoms with Crippen LogP contribution in [-0.4, -0.2) is 30.6 Å². The summed E-state index contributed by atoms with van der Waals surface area (Å²) in [6.07, 6.45) is 8.16. The first-order valence-electron chi connectivity index (χ1n) is 5.83. The number of hydrogen-bond donors (Lipinski definition) is 1. The van der Waals surface area contributed by atoms with Crippen molar-refractivity contribution in [2.45, 2.75) is 39.2 Å². The highest BCUT2D eigenvalue weighted by Gasteiger charge is 2.22. The molecule has 1 rings (SSSR count). The van der Waals surface area contributed by atoms with Crippen molar-refractivity contribution in [3.05, 3.63) is 12.2 Å². The van der Waals surface area contributed by atoms with Crippen LogP contribution in [0.3, 0.4) is 0 Å². The van der Waals surface area contributed by atoms with Crippen molar-refractivity contribution < 1.29 is 0 Å². The van der Waals surface area contributed by atoms with Crippen LogP contribution in [0.25, 0.3) is 0 Å². The van der Waals surface area contributed by atoms with Crippen LogP contribution >= 0.6 is 0 Å². The molecule has 1 heterocycles. The number of nitrogens with zero attached hydrogens (tertiary/aromatic N) is 1. The number of likely N-dealkylation sites (tertiary alicyclic amines) is 1. The summed E-state index contributed by atoms with van der Waals surface area (Å²) >= 11 is 0. The molecule has 1 fully saturated rings. The average Bonchev–Trinajstić information content (AvgIpc) is 2.61. The van der Waals surface area contributed by atoms with Crippen LogP contribution in [0.15, 0.2) is 12.2 Å². The maximum absolute atomic E-state index is 5.43. The second-order valence-corrected chi connectivity index (χ2v) is 4.53. The van der Waals surface area contributed by atoms with Gasteiger partial charge in [0.25, 0.3) is 0 Å². The van der Waals surface area contributed by atoms with E-state index in [-0.39, 0.29) is 0 Å². The lowest BCUT2D eigenvalue weighted by Crippen LogP contribution is -2.28. The average molecular weight is 196 g/mol. The largest absolute Gasteiger partial charge is 0.330 e. The van der Waals surface area contributed by atoms with Crippen LogP contribution in [0.1, 0.15) is 33.1 Å². The van der Waals surface area contributed by atoms with Gasteiger partial charge in [-0.1, -0.05) is 12.2 Å². The molecular formula is C12H24N2. The molecule has 1 aliphatic rings. The third kappa shape index (κ3) is 3.81. The summed E-state index contributed by atoms with van der Waals surface area (Å²) in [7, 11) is 0. The Bertz CT molecular complexity index is 175. The molecule has 1 aliphatic heterocycles. The maximum atomic E-state index is 5.43. The first kappa shape index (κ1) is 11.7. The van der Waals surface area contributed by atoms with E-state index >= 15 is 0 Å². The van der Waals surface area contributed by atoms with E-state index in [4.69, 9.17) is 5.73 Å². The van der Waals surface area contributed by atoms with Gasteiger partial charge in [-0.3, -0.25) is 0 Å². The Hall–Kier alpha value is -0.340. The normalized spacial score (nSPS) is 24.1. The van der Waals surface area contributed by atoms with E-state index < -0.39 is 0 Å². The Morgan fingerprint density at radius 3 is 2.79 bits per heavy atom. The second kappa shape index (κ2) is 6.20. The molecule has 82 valence electrons. The van der Waals surface area contributed by atoms with Crippen LogP contribution in [-0.2, 0) is 0 Å². The molecule has 0 aromatic carbocycles. The van der Waals surface area contributed by atoms with Gasteiger partial charge in [-0.15, -0.1) is 0 Å². The Labute approximate surface area is 88.2 Å². The molecule has 0 aromatic rings. The number of nitrogens with two attached hydrogens (primary N) is 1. The van der Waals surface area contributed by atoms with E-state index in [0.29, 0.717) is 6.04 Å². The van der Waals surface area contributed by atoms with Gasteiger partial charge in [-0.25, -0.2) is 0 Å². The zero-order chi connectivity index (χ0) is 10.4. The molecule has 2 N–H and O–H groups in total. The molecule has 0 amide bonds. The van der Waals surface area contributed by atoms with Crippen molar-refractivity contribution in [3.8, 4) is 0 Å². The van der Waals surface area contributed by atoms with Crippen molar-refractivity contribution in [2.75, 3.05) is 19.6 Å². The fraction of sp³-hybridized carbons (Fsp3) is 0.833. The molecule has 0 aromatic heterocycles. The Morgan fingerprint density at radius 2 is 2.21 bits per heavy atom. The van der Waals surface area contributed by atoms with Crippen LogP contribution in [0.2, 0.25) is 0 Å². The minimum atomic E-state index is 0.716. The molecule has 1 atom stereocenters. The smallest absolute Gasteiger partial charge is 0.00387 e. The summed E-state index contributed by atoms with van der Waals surface area (Å²) in [5.41, 5.74) is 5.43. The van der Waals surface area contributed by atoms with E-state index in [2.05, 4.69) is 30.9 Å². The summed E-state index contributed by atoms with van der Waals surface area (Å²) in [4.78, 5) is 2.57. The first-order valence-corrected chi connectivity index (χ1v) is 5.83. The topological polar surface area (TPSA) is 29.3 Å². The third-order valence-electron chi connectivity index (χ3n) is 3.02. The van der Waals surface area contributed by atoms with Crippen molar-refractivity contribution >= 4 is 0 Å². The van der Waals surface area contributed by atoms with Gasteiger partial charge < -0.3 is 10.6 Å². The fourth-order valence-electron chi connectivity index (χ4n) is 2.03. The minimum Gasteiger partial charge on any atom is -0.330 e. The van der Waals surface area contributed by atoms with Crippen LogP contribution < -0.4 is 5.73 Å². The predicted molar refractivity (Wildman–Crippen MR) is 62.2 cm³/mol. The Morgan fingerprint density at radius 1 is 1.43 bits per heavy atom. The lowest BCUT2D eigenvalue weighted by Gasteiger charge is -2.19. The summed E-state index contributed by atoms with van der Waals surface area (Å²) in [6.45, 7) is 7.91. The first-order chi connectivity index (χ1) is 6.74. The second-order valence-electron chi connectivity index (χ2n) is 4.53. The van der Waals surface area contributed by atoms with Gasteiger partial charge in [0, 0.05) is 12.6 Å². The molecule has 1 unspecified atom stereocenters. The summed E-state index contributed by atoms with van der Waals surface area (Å²) in [5.74, 6) is 0.881. The highest BCUT2D eigenvalue weighted by atomic mass is 15.2. The van der Waals surface area contributed by atoms with Crippen molar-refractivity contribution in [1.82, 2.24) is 4.90 Å². The zero-order valence-electron chi connectivity index (χ0n) is 9.58. The molecule has 2 heteroatoms. The van der Waals surface area contributed by atoms with Gasteiger partial charge in [0.2, 0.25) is 0 Å². The van der Waals surface area contributed by atoms with Gasteiger partial charge in [-0.05, 0) is 52.1 Å². The van der Waals surface area contributed by atoms with E-state index in [9.17, 15) is 0 Å².